The minimum absolute atomic E-state index is 0.249. The molecule has 0 aromatic heterocycles. The van der Waals surface area contributed by atoms with Crippen LogP contribution < -0.4 is 0 Å². The molecule has 2 aliphatic heterocycles. The quantitative estimate of drug-likeness (QED) is 0.829. The number of hydrogen-bond acceptors (Lipinski definition) is 2. The molecule has 26 heavy (non-hydrogen) atoms. The van der Waals surface area contributed by atoms with E-state index in [2.05, 4.69) is 38.1 Å². The van der Waals surface area contributed by atoms with E-state index in [1.807, 2.05) is 9.80 Å². The molecule has 4 heteroatoms. The average Bonchev–Trinajstić information content (AvgIpc) is 3.40. The molecule has 0 bridgehead atoms. The largest absolute Gasteiger partial charge is 0.341 e. The summed E-state index contributed by atoms with van der Waals surface area (Å²) in [5, 5.41) is 0. The van der Waals surface area contributed by atoms with Crippen LogP contribution in [0.3, 0.4) is 0 Å². The third kappa shape index (κ3) is 3.26. The molecule has 0 radical (unpaired) electrons. The highest BCUT2D eigenvalue weighted by Crippen LogP contribution is 2.42. The highest BCUT2D eigenvalue weighted by atomic mass is 16.2. The van der Waals surface area contributed by atoms with Crippen molar-refractivity contribution in [3.05, 3.63) is 35.4 Å². The van der Waals surface area contributed by atoms with Gasteiger partial charge in [-0.2, -0.15) is 0 Å². The SMILES string of the molecule is CC(C)c1ccc(CN2CCC[C@]3(CCN(C(=O)C4CC4)C3)C2=O)cc1. The van der Waals surface area contributed by atoms with Crippen molar-refractivity contribution in [1.82, 2.24) is 9.80 Å². The Morgan fingerprint density at radius 1 is 1.15 bits per heavy atom. The molecule has 1 spiro atoms. The fraction of sp³-hybridized carbons (Fsp3) is 0.636. The molecule has 1 saturated carbocycles. The molecular weight excluding hydrogens is 324 g/mol. The van der Waals surface area contributed by atoms with E-state index in [9.17, 15) is 9.59 Å². The zero-order chi connectivity index (χ0) is 18.3. The summed E-state index contributed by atoms with van der Waals surface area (Å²) >= 11 is 0. The lowest BCUT2D eigenvalue weighted by Crippen LogP contribution is -2.50. The van der Waals surface area contributed by atoms with Crippen LogP contribution in [0.1, 0.15) is 63.0 Å². The number of carbonyl (C=O) groups is 2. The zero-order valence-corrected chi connectivity index (χ0v) is 16.0. The normalized spacial score (nSPS) is 26.2. The maximum Gasteiger partial charge on any atom is 0.230 e. The number of benzene rings is 1. The second-order valence-electron chi connectivity index (χ2n) is 8.79. The molecule has 1 aliphatic carbocycles. The van der Waals surface area contributed by atoms with E-state index < -0.39 is 0 Å². The Bertz CT molecular complexity index is 693. The summed E-state index contributed by atoms with van der Waals surface area (Å²) in [6.45, 7) is 7.32. The molecule has 2 heterocycles. The van der Waals surface area contributed by atoms with Gasteiger partial charge in [-0.25, -0.2) is 0 Å². The topological polar surface area (TPSA) is 40.6 Å². The van der Waals surface area contributed by atoms with Crippen LogP contribution in [0.25, 0.3) is 0 Å². The van der Waals surface area contributed by atoms with Crippen LogP contribution in [0.4, 0.5) is 0 Å². The summed E-state index contributed by atoms with van der Waals surface area (Å²) < 4.78 is 0. The number of amides is 2. The van der Waals surface area contributed by atoms with Crippen LogP contribution >= 0.6 is 0 Å². The summed E-state index contributed by atoms with van der Waals surface area (Å²) in [4.78, 5) is 29.7. The van der Waals surface area contributed by atoms with Crippen LogP contribution in [0, 0.1) is 11.3 Å². The first-order valence-electron chi connectivity index (χ1n) is 10.2. The predicted octanol–water partition coefficient (Wildman–Crippen LogP) is 3.56. The van der Waals surface area contributed by atoms with Crippen molar-refractivity contribution in [3.8, 4) is 0 Å². The Kier molecular flexibility index (Phi) is 4.54. The fourth-order valence-corrected chi connectivity index (χ4v) is 4.56. The van der Waals surface area contributed by atoms with Gasteiger partial charge in [-0.05, 0) is 49.1 Å². The minimum Gasteiger partial charge on any atom is -0.341 e. The van der Waals surface area contributed by atoms with E-state index in [4.69, 9.17) is 0 Å². The first-order valence-corrected chi connectivity index (χ1v) is 10.2. The monoisotopic (exact) mass is 354 g/mol. The molecule has 3 aliphatic rings. The highest BCUT2D eigenvalue weighted by Gasteiger charge is 2.50. The summed E-state index contributed by atoms with van der Waals surface area (Å²) in [6.07, 6.45) is 4.89. The van der Waals surface area contributed by atoms with E-state index in [1.165, 1.54) is 11.1 Å². The van der Waals surface area contributed by atoms with Crippen molar-refractivity contribution in [1.29, 1.82) is 0 Å². The van der Waals surface area contributed by atoms with Crippen LogP contribution in [0.15, 0.2) is 24.3 Å². The van der Waals surface area contributed by atoms with Gasteiger partial charge in [0.25, 0.3) is 0 Å². The molecule has 4 nitrogen and oxygen atoms in total. The van der Waals surface area contributed by atoms with E-state index in [-0.39, 0.29) is 23.1 Å². The third-order valence-electron chi connectivity index (χ3n) is 6.44. The molecular formula is C22H30N2O2. The molecule has 2 amide bonds. The molecule has 140 valence electrons. The second kappa shape index (κ2) is 6.71. The van der Waals surface area contributed by atoms with Crippen LogP contribution in [-0.4, -0.2) is 41.2 Å². The maximum atomic E-state index is 13.3. The Hall–Kier alpha value is -1.84. The van der Waals surface area contributed by atoms with Gasteiger partial charge in [-0.3, -0.25) is 9.59 Å². The van der Waals surface area contributed by atoms with Crippen LogP contribution in [0.5, 0.6) is 0 Å². The Morgan fingerprint density at radius 3 is 2.54 bits per heavy atom. The van der Waals surface area contributed by atoms with Crippen molar-refractivity contribution in [2.24, 2.45) is 11.3 Å². The van der Waals surface area contributed by atoms with Gasteiger partial charge < -0.3 is 9.80 Å². The lowest BCUT2D eigenvalue weighted by molar-refractivity contribution is -0.147. The zero-order valence-electron chi connectivity index (χ0n) is 16.0. The first-order chi connectivity index (χ1) is 12.5. The lowest BCUT2D eigenvalue weighted by atomic mass is 9.78. The molecule has 1 atom stereocenters. The van der Waals surface area contributed by atoms with Gasteiger partial charge in [0.15, 0.2) is 0 Å². The molecule has 4 rings (SSSR count). The summed E-state index contributed by atoms with van der Waals surface area (Å²) in [6, 6.07) is 8.66. The van der Waals surface area contributed by atoms with Crippen molar-refractivity contribution in [2.45, 2.75) is 58.4 Å². The average molecular weight is 354 g/mol. The smallest absolute Gasteiger partial charge is 0.230 e. The second-order valence-corrected chi connectivity index (χ2v) is 8.79. The summed E-state index contributed by atoms with van der Waals surface area (Å²) in [7, 11) is 0. The van der Waals surface area contributed by atoms with E-state index >= 15 is 0 Å². The predicted molar refractivity (Wildman–Crippen MR) is 102 cm³/mol. The number of hydrogen-bond donors (Lipinski definition) is 0. The van der Waals surface area contributed by atoms with Gasteiger partial charge >= 0.3 is 0 Å². The van der Waals surface area contributed by atoms with Crippen molar-refractivity contribution in [3.63, 3.8) is 0 Å². The molecule has 2 saturated heterocycles. The number of carbonyl (C=O) groups excluding carboxylic acids is 2. The number of piperidine rings is 1. The van der Waals surface area contributed by atoms with Gasteiger partial charge in [0, 0.05) is 32.1 Å². The van der Waals surface area contributed by atoms with Gasteiger partial charge in [0.2, 0.25) is 11.8 Å². The lowest BCUT2D eigenvalue weighted by Gasteiger charge is -2.39. The van der Waals surface area contributed by atoms with E-state index in [0.29, 0.717) is 19.0 Å². The number of nitrogens with zero attached hydrogens (tertiary/aromatic N) is 2. The van der Waals surface area contributed by atoms with Crippen LogP contribution in [-0.2, 0) is 16.1 Å². The van der Waals surface area contributed by atoms with Gasteiger partial charge in [-0.15, -0.1) is 0 Å². The maximum absolute atomic E-state index is 13.3. The fourth-order valence-electron chi connectivity index (χ4n) is 4.56. The van der Waals surface area contributed by atoms with Crippen LogP contribution in [0.2, 0.25) is 0 Å². The first kappa shape index (κ1) is 17.6. The van der Waals surface area contributed by atoms with E-state index in [1.54, 1.807) is 0 Å². The van der Waals surface area contributed by atoms with Gasteiger partial charge in [-0.1, -0.05) is 38.1 Å². The highest BCUT2D eigenvalue weighted by molar-refractivity contribution is 5.87. The summed E-state index contributed by atoms with van der Waals surface area (Å²) in [5.74, 6) is 1.33. The Labute approximate surface area is 156 Å². The third-order valence-corrected chi connectivity index (χ3v) is 6.44. The Balaban J connectivity index is 1.43. The van der Waals surface area contributed by atoms with Gasteiger partial charge in [0.1, 0.15) is 0 Å². The van der Waals surface area contributed by atoms with Crippen molar-refractivity contribution < 1.29 is 9.59 Å². The number of likely N-dealkylation sites (tertiary alicyclic amines) is 2. The molecule has 3 fully saturated rings. The molecule has 1 aromatic carbocycles. The number of rotatable bonds is 4. The molecule has 1 aromatic rings. The molecule has 0 N–H and O–H groups in total. The summed E-state index contributed by atoms with van der Waals surface area (Å²) in [5.41, 5.74) is 2.21. The van der Waals surface area contributed by atoms with Crippen molar-refractivity contribution >= 4 is 11.8 Å². The van der Waals surface area contributed by atoms with Gasteiger partial charge in [0.05, 0.1) is 5.41 Å². The molecule has 0 unspecified atom stereocenters. The standard InChI is InChI=1S/C22H30N2O2/c1-16(2)18-6-4-17(5-7-18)14-23-12-3-10-22(21(23)26)11-13-24(15-22)20(25)19-8-9-19/h4-7,16,19H,3,8-15H2,1-2H3/t22-/m1/s1. The van der Waals surface area contributed by atoms with E-state index in [0.717, 1.165) is 45.2 Å². The minimum atomic E-state index is -0.319. The van der Waals surface area contributed by atoms with Crippen molar-refractivity contribution in [2.75, 3.05) is 19.6 Å². The Morgan fingerprint density at radius 2 is 1.88 bits per heavy atom.